The maximum Gasteiger partial charge on any atom is 0.328 e. The lowest BCUT2D eigenvalue weighted by molar-refractivity contribution is -0.149. The Kier molecular flexibility index (Phi) is 5.29. The van der Waals surface area contributed by atoms with E-state index in [2.05, 4.69) is 37.2 Å². The predicted molar refractivity (Wildman–Crippen MR) is 130 cm³/mol. The highest BCUT2D eigenvalue weighted by atomic mass is 79.9. The zero-order chi connectivity index (χ0) is 23.4. The van der Waals surface area contributed by atoms with Crippen LogP contribution in [0, 0.1) is 10.8 Å². The number of halogens is 2. The van der Waals surface area contributed by atoms with E-state index in [1.165, 1.54) is 0 Å². The predicted octanol–water partition coefficient (Wildman–Crippen LogP) is 5.42. The molecule has 33 heavy (non-hydrogen) atoms. The topological polar surface area (TPSA) is 72.5 Å². The Balaban J connectivity index is 1.59. The van der Waals surface area contributed by atoms with Gasteiger partial charge in [-0.1, -0.05) is 74.3 Å². The molecular formula is C26H19Br2NO4. The Morgan fingerprint density at radius 2 is 1.64 bits per heavy atom. The molecule has 2 aliphatic rings. The van der Waals surface area contributed by atoms with Crippen LogP contribution in [0.5, 0.6) is 5.75 Å². The lowest BCUT2D eigenvalue weighted by Crippen LogP contribution is -2.45. The Morgan fingerprint density at radius 1 is 0.970 bits per heavy atom. The Morgan fingerprint density at radius 3 is 2.33 bits per heavy atom. The van der Waals surface area contributed by atoms with Gasteiger partial charge in [0.05, 0.1) is 5.41 Å². The maximum atomic E-state index is 13.8. The van der Waals surface area contributed by atoms with Gasteiger partial charge in [-0.3, -0.25) is 14.4 Å². The first kappa shape index (κ1) is 22.0. The van der Waals surface area contributed by atoms with Crippen LogP contribution in [0.4, 0.5) is 0 Å². The first-order valence-corrected chi connectivity index (χ1v) is 12.0. The van der Waals surface area contributed by atoms with Gasteiger partial charge in [0, 0.05) is 32.5 Å². The van der Waals surface area contributed by atoms with Crippen molar-refractivity contribution in [1.82, 2.24) is 5.32 Å². The zero-order valence-corrected chi connectivity index (χ0v) is 20.8. The summed E-state index contributed by atoms with van der Waals surface area (Å²) in [5, 5.41) is 2.89. The number of Topliss-reactive ketones (excluding diaryl/α,β-unsaturated/α-hetero) is 1. The third-order valence-electron chi connectivity index (χ3n) is 6.79. The van der Waals surface area contributed by atoms with E-state index in [9.17, 15) is 14.4 Å². The van der Waals surface area contributed by atoms with Crippen molar-refractivity contribution in [2.75, 3.05) is 0 Å². The molecule has 0 aromatic heterocycles. The summed E-state index contributed by atoms with van der Waals surface area (Å²) < 4.78 is 7.25. The summed E-state index contributed by atoms with van der Waals surface area (Å²) in [5.41, 5.74) is -0.918. The molecule has 7 heteroatoms. The maximum absolute atomic E-state index is 13.8. The molecule has 1 fully saturated rings. The summed E-state index contributed by atoms with van der Waals surface area (Å²) in [6.07, 6.45) is 0. The van der Waals surface area contributed by atoms with Crippen molar-refractivity contribution in [3.05, 3.63) is 98.4 Å². The van der Waals surface area contributed by atoms with Gasteiger partial charge in [-0.2, -0.15) is 0 Å². The van der Waals surface area contributed by atoms with Crippen LogP contribution in [-0.4, -0.2) is 17.7 Å². The minimum atomic E-state index is -1.64. The molecule has 1 aliphatic carbocycles. The number of nitrogens with one attached hydrogen (secondary N) is 1. The van der Waals surface area contributed by atoms with Crippen molar-refractivity contribution in [3.8, 4) is 5.75 Å². The van der Waals surface area contributed by atoms with E-state index in [0.717, 1.165) is 14.5 Å². The third kappa shape index (κ3) is 3.21. The van der Waals surface area contributed by atoms with E-state index in [0.29, 0.717) is 16.9 Å². The number of benzene rings is 3. The number of carbonyl (C=O) groups is 3. The average Bonchev–Trinajstić information content (AvgIpc) is 3.42. The summed E-state index contributed by atoms with van der Waals surface area (Å²) in [5.74, 6) is -1.71. The van der Waals surface area contributed by atoms with E-state index >= 15 is 0 Å². The molecule has 0 bridgehead atoms. The molecular weight excluding hydrogens is 550 g/mol. The van der Waals surface area contributed by atoms with Gasteiger partial charge in [0.1, 0.15) is 5.75 Å². The van der Waals surface area contributed by atoms with E-state index in [-0.39, 0.29) is 12.3 Å². The largest absolute Gasteiger partial charge is 0.425 e. The van der Waals surface area contributed by atoms with Crippen LogP contribution in [0.3, 0.4) is 0 Å². The number of amides is 1. The van der Waals surface area contributed by atoms with Gasteiger partial charge in [-0.15, -0.1) is 0 Å². The molecule has 3 aromatic carbocycles. The molecule has 1 aliphatic heterocycles. The smallest absolute Gasteiger partial charge is 0.328 e. The Labute approximate surface area is 207 Å². The van der Waals surface area contributed by atoms with Crippen LogP contribution >= 0.6 is 31.9 Å². The van der Waals surface area contributed by atoms with E-state index in [1.54, 1.807) is 43.3 Å². The molecule has 1 amide bonds. The lowest BCUT2D eigenvalue weighted by Gasteiger charge is -2.23. The van der Waals surface area contributed by atoms with Crippen LogP contribution in [-0.2, 0) is 16.1 Å². The van der Waals surface area contributed by atoms with Crippen LogP contribution in [0.2, 0.25) is 0 Å². The first-order valence-electron chi connectivity index (χ1n) is 10.4. The minimum absolute atomic E-state index is 0.245. The summed E-state index contributed by atoms with van der Waals surface area (Å²) in [6, 6.07) is 21.6. The van der Waals surface area contributed by atoms with Gasteiger partial charge in [-0.05, 0) is 42.8 Å². The van der Waals surface area contributed by atoms with Gasteiger partial charge in [0.15, 0.2) is 11.2 Å². The van der Waals surface area contributed by atoms with Gasteiger partial charge in [0.25, 0.3) is 0 Å². The second kappa shape index (κ2) is 7.92. The van der Waals surface area contributed by atoms with E-state index < -0.39 is 28.6 Å². The SMILES string of the molecule is C[C@]1(C(=O)c2ccc(Br)cc2)[C@H]2c3cc(Br)ccc3OC(=O)[C@]21C(=O)NCc1ccccc1. The molecule has 1 N–H and O–H groups in total. The van der Waals surface area contributed by atoms with Crippen molar-refractivity contribution >= 4 is 49.5 Å². The molecule has 5 rings (SSSR count). The lowest BCUT2D eigenvalue weighted by atomic mass is 9.86. The van der Waals surface area contributed by atoms with Crippen molar-refractivity contribution in [1.29, 1.82) is 0 Å². The normalized spacial score (nSPS) is 24.8. The monoisotopic (exact) mass is 567 g/mol. The van der Waals surface area contributed by atoms with Crippen LogP contribution < -0.4 is 10.1 Å². The van der Waals surface area contributed by atoms with Crippen molar-refractivity contribution < 1.29 is 19.1 Å². The van der Waals surface area contributed by atoms with Crippen molar-refractivity contribution in [3.63, 3.8) is 0 Å². The Hall–Kier alpha value is -2.77. The molecule has 0 spiro atoms. The molecule has 0 saturated heterocycles. The summed E-state index contributed by atoms with van der Waals surface area (Å²) in [4.78, 5) is 40.9. The van der Waals surface area contributed by atoms with Gasteiger partial charge >= 0.3 is 5.97 Å². The van der Waals surface area contributed by atoms with Gasteiger partial charge < -0.3 is 10.1 Å². The second-order valence-corrected chi connectivity index (χ2v) is 10.4. The number of hydrogen-bond donors (Lipinski definition) is 1. The molecule has 1 heterocycles. The second-order valence-electron chi connectivity index (χ2n) is 8.52. The average molecular weight is 569 g/mol. The number of esters is 1. The van der Waals surface area contributed by atoms with Gasteiger partial charge in [0.2, 0.25) is 5.91 Å². The quantitative estimate of drug-likeness (QED) is 0.193. The fourth-order valence-corrected chi connectivity index (χ4v) is 5.74. The van der Waals surface area contributed by atoms with Gasteiger partial charge in [-0.25, -0.2) is 0 Å². The first-order chi connectivity index (χ1) is 15.8. The summed E-state index contributed by atoms with van der Waals surface area (Å²) in [6.45, 7) is 1.94. The number of rotatable bonds is 5. The number of carbonyl (C=O) groups excluding carboxylic acids is 3. The third-order valence-corrected chi connectivity index (χ3v) is 7.81. The van der Waals surface area contributed by atoms with E-state index in [1.807, 2.05) is 36.4 Å². The van der Waals surface area contributed by atoms with Crippen molar-refractivity contribution in [2.45, 2.75) is 19.4 Å². The number of hydrogen-bond acceptors (Lipinski definition) is 4. The number of fused-ring (bicyclic) bond motifs is 3. The fraction of sp³-hybridized carbons (Fsp3) is 0.192. The van der Waals surface area contributed by atoms with E-state index in [4.69, 9.17) is 4.74 Å². The van der Waals surface area contributed by atoms with Crippen LogP contribution in [0.15, 0.2) is 81.7 Å². The molecule has 3 atom stereocenters. The molecule has 0 radical (unpaired) electrons. The number of ketones is 1. The fourth-order valence-electron chi connectivity index (χ4n) is 5.10. The Bertz CT molecular complexity index is 1290. The molecule has 3 aromatic rings. The number of ether oxygens (including phenoxy) is 1. The molecule has 0 unspecified atom stereocenters. The minimum Gasteiger partial charge on any atom is -0.425 e. The highest BCUT2D eigenvalue weighted by Gasteiger charge is 2.88. The molecule has 166 valence electrons. The zero-order valence-electron chi connectivity index (χ0n) is 17.6. The summed E-state index contributed by atoms with van der Waals surface area (Å²) >= 11 is 6.85. The highest BCUT2D eigenvalue weighted by Crippen LogP contribution is 2.78. The molecule has 5 nitrogen and oxygen atoms in total. The standard InChI is InChI=1S/C26H19Br2NO4/c1-25(22(30)16-7-9-17(27)10-8-16)21-19-13-18(28)11-12-20(19)33-24(32)26(21,25)23(31)29-14-15-5-3-2-4-6-15/h2-13,21H,14H2,1H3,(H,29,31)/t21-,25-,26-/m1/s1. The highest BCUT2D eigenvalue weighted by molar-refractivity contribution is 9.10. The van der Waals surface area contributed by atoms with Crippen LogP contribution in [0.25, 0.3) is 0 Å². The van der Waals surface area contributed by atoms with Crippen LogP contribution in [0.1, 0.15) is 34.3 Å². The molecule has 1 saturated carbocycles. The van der Waals surface area contributed by atoms with Crippen molar-refractivity contribution in [2.24, 2.45) is 10.8 Å². The summed E-state index contributed by atoms with van der Waals surface area (Å²) in [7, 11) is 0.